The maximum Gasteiger partial charge on any atom is 0.130 e. The van der Waals surface area contributed by atoms with Crippen LogP contribution in [0.2, 0.25) is 0 Å². The molecular formula is C15H22O. The second-order valence-corrected chi connectivity index (χ2v) is 5.98. The third kappa shape index (κ3) is 2.00. The first-order valence-corrected chi connectivity index (χ1v) is 6.40. The molecule has 0 saturated heterocycles. The van der Waals surface area contributed by atoms with Gasteiger partial charge in [-0.15, -0.1) is 0 Å². The summed E-state index contributed by atoms with van der Waals surface area (Å²) in [5.74, 6) is 0.703. The number of allylic oxidation sites excluding steroid dienone is 3. The molecule has 2 aliphatic rings. The molecule has 0 aliphatic heterocycles. The number of carbonyl (C=O) groups excluding carboxylic acids is 1. The van der Waals surface area contributed by atoms with Gasteiger partial charge in [-0.3, -0.25) is 0 Å². The van der Waals surface area contributed by atoms with E-state index in [1.807, 2.05) is 0 Å². The van der Waals surface area contributed by atoms with Gasteiger partial charge in [-0.2, -0.15) is 0 Å². The summed E-state index contributed by atoms with van der Waals surface area (Å²) in [6.45, 7) is 8.64. The van der Waals surface area contributed by atoms with Crippen molar-refractivity contribution >= 4 is 6.29 Å². The summed E-state index contributed by atoms with van der Waals surface area (Å²) in [6, 6.07) is 0. The van der Waals surface area contributed by atoms with Crippen LogP contribution in [0.15, 0.2) is 23.8 Å². The first kappa shape index (κ1) is 11.6. The quantitative estimate of drug-likeness (QED) is 0.507. The molecule has 16 heavy (non-hydrogen) atoms. The molecule has 0 aromatic rings. The van der Waals surface area contributed by atoms with Crippen LogP contribution < -0.4 is 0 Å². The minimum absolute atomic E-state index is 0.0244. The fraction of sp³-hybridized carbons (Fsp3) is 0.667. The molecule has 0 aromatic heterocycles. The minimum atomic E-state index is -0.0244. The Morgan fingerprint density at radius 3 is 2.56 bits per heavy atom. The number of aldehydes is 1. The molecule has 0 N–H and O–H groups in total. The monoisotopic (exact) mass is 218 g/mol. The number of hydrogen-bond donors (Lipinski definition) is 0. The second kappa shape index (κ2) is 4.20. The van der Waals surface area contributed by atoms with E-state index in [0.29, 0.717) is 0 Å². The van der Waals surface area contributed by atoms with Gasteiger partial charge in [0.1, 0.15) is 6.29 Å². The van der Waals surface area contributed by atoms with Crippen LogP contribution in [-0.2, 0) is 4.79 Å². The first-order valence-electron chi connectivity index (χ1n) is 6.40. The van der Waals surface area contributed by atoms with Gasteiger partial charge >= 0.3 is 0 Å². The van der Waals surface area contributed by atoms with Crippen LogP contribution in [-0.4, -0.2) is 6.29 Å². The first-order chi connectivity index (χ1) is 7.54. The fourth-order valence-electron chi connectivity index (χ4n) is 3.39. The number of carbonyl (C=O) groups is 1. The van der Waals surface area contributed by atoms with Gasteiger partial charge < -0.3 is 4.79 Å². The Morgan fingerprint density at radius 2 is 2.00 bits per heavy atom. The second-order valence-electron chi connectivity index (χ2n) is 5.98. The lowest BCUT2D eigenvalue weighted by molar-refractivity contribution is -0.109. The molecule has 1 saturated carbocycles. The summed E-state index contributed by atoms with van der Waals surface area (Å²) in [4.78, 5) is 11.0. The van der Waals surface area contributed by atoms with E-state index in [1.165, 1.54) is 31.3 Å². The average molecular weight is 218 g/mol. The normalized spacial score (nSPS) is 30.2. The van der Waals surface area contributed by atoms with Crippen molar-refractivity contribution in [3.63, 3.8) is 0 Å². The summed E-state index contributed by atoms with van der Waals surface area (Å²) < 4.78 is 0. The van der Waals surface area contributed by atoms with E-state index in [9.17, 15) is 4.79 Å². The Balaban J connectivity index is 2.30. The Kier molecular flexibility index (Phi) is 3.05. The molecule has 0 radical (unpaired) electrons. The summed E-state index contributed by atoms with van der Waals surface area (Å²) in [6.07, 6.45) is 9.55. The molecular weight excluding hydrogens is 196 g/mol. The third-order valence-corrected chi connectivity index (χ3v) is 4.22. The lowest BCUT2D eigenvalue weighted by Gasteiger charge is -2.38. The van der Waals surface area contributed by atoms with E-state index in [2.05, 4.69) is 26.5 Å². The van der Waals surface area contributed by atoms with Crippen molar-refractivity contribution in [3.8, 4) is 0 Å². The molecule has 2 rings (SSSR count). The highest BCUT2D eigenvalue weighted by Crippen LogP contribution is 2.47. The zero-order valence-electron chi connectivity index (χ0n) is 10.5. The predicted molar refractivity (Wildman–Crippen MR) is 67.1 cm³/mol. The Morgan fingerprint density at radius 1 is 1.38 bits per heavy atom. The summed E-state index contributed by atoms with van der Waals surface area (Å²) in [5, 5.41) is 0. The maximum absolute atomic E-state index is 11.0. The largest absolute Gasteiger partial charge is 0.302 e. The Hall–Kier alpha value is -0.850. The van der Waals surface area contributed by atoms with Gasteiger partial charge in [-0.25, -0.2) is 0 Å². The predicted octanol–water partition coefficient (Wildman–Crippen LogP) is 3.90. The summed E-state index contributed by atoms with van der Waals surface area (Å²) in [5.41, 5.74) is 2.82. The SMILES string of the molecule is C=C1CC(C)(C)C(C2CCCC2)=CC1C=O. The molecule has 0 heterocycles. The van der Waals surface area contributed by atoms with Crippen LogP contribution in [0.5, 0.6) is 0 Å². The minimum Gasteiger partial charge on any atom is -0.302 e. The van der Waals surface area contributed by atoms with Crippen LogP contribution in [0.3, 0.4) is 0 Å². The molecule has 1 fully saturated rings. The van der Waals surface area contributed by atoms with Crippen LogP contribution in [0.1, 0.15) is 46.0 Å². The maximum atomic E-state index is 11.0. The third-order valence-electron chi connectivity index (χ3n) is 4.22. The van der Waals surface area contributed by atoms with Crippen molar-refractivity contribution in [1.29, 1.82) is 0 Å². The smallest absolute Gasteiger partial charge is 0.130 e. The van der Waals surface area contributed by atoms with E-state index < -0.39 is 0 Å². The van der Waals surface area contributed by atoms with Gasteiger partial charge in [0.05, 0.1) is 5.92 Å². The molecule has 0 bridgehead atoms. The van der Waals surface area contributed by atoms with Gasteiger partial charge in [0, 0.05) is 0 Å². The highest BCUT2D eigenvalue weighted by atomic mass is 16.1. The molecule has 0 amide bonds. The van der Waals surface area contributed by atoms with Gasteiger partial charge in [0.2, 0.25) is 0 Å². The molecule has 1 unspecified atom stereocenters. The van der Waals surface area contributed by atoms with Crippen LogP contribution >= 0.6 is 0 Å². The van der Waals surface area contributed by atoms with Crippen molar-refractivity contribution in [1.82, 2.24) is 0 Å². The van der Waals surface area contributed by atoms with E-state index in [0.717, 1.165) is 24.2 Å². The van der Waals surface area contributed by atoms with Crippen LogP contribution in [0.4, 0.5) is 0 Å². The van der Waals surface area contributed by atoms with Crippen molar-refractivity contribution in [3.05, 3.63) is 23.8 Å². The molecule has 0 spiro atoms. The number of rotatable bonds is 2. The van der Waals surface area contributed by atoms with Gasteiger partial charge in [0.15, 0.2) is 0 Å². The van der Waals surface area contributed by atoms with Crippen LogP contribution in [0, 0.1) is 17.3 Å². The molecule has 1 heteroatoms. The fourth-order valence-corrected chi connectivity index (χ4v) is 3.39. The van der Waals surface area contributed by atoms with Crippen LogP contribution in [0.25, 0.3) is 0 Å². The van der Waals surface area contributed by atoms with Crippen molar-refractivity contribution in [2.45, 2.75) is 46.0 Å². The number of hydrogen-bond acceptors (Lipinski definition) is 1. The van der Waals surface area contributed by atoms with Crippen molar-refractivity contribution in [2.24, 2.45) is 17.3 Å². The molecule has 88 valence electrons. The summed E-state index contributed by atoms with van der Waals surface area (Å²) in [7, 11) is 0. The zero-order chi connectivity index (χ0) is 11.8. The van der Waals surface area contributed by atoms with Gasteiger partial charge in [0.25, 0.3) is 0 Å². The standard InChI is InChI=1S/C15H22O/c1-11-9-15(2,3)14(8-13(11)10-16)12-6-4-5-7-12/h8,10,12-13H,1,4-7,9H2,2-3H3. The molecule has 1 nitrogen and oxygen atoms in total. The van der Waals surface area contributed by atoms with Crippen molar-refractivity contribution < 1.29 is 4.79 Å². The van der Waals surface area contributed by atoms with E-state index in [-0.39, 0.29) is 11.3 Å². The molecule has 0 aromatic carbocycles. The zero-order valence-corrected chi connectivity index (χ0v) is 10.5. The topological polar surface area (TPSA) is 17.1 Å². The Labute approximate surface area is 98.6 Å². The highest BCUT2D eigenvalue weighted by molar-refractivity contribution is 5.63. The van der Waals surface area contributed by atoms with Gasteiger partial charge in [-0.1, -0.05) is 50.5 Å². The van der Waals surface area contributed by atoms with E-state index in [1.54, 1.807) is 0 Å². The molecule has 1 atom stereocenters. The van der Waals surface area contributed by atoms with E-state index >= 15 is 0 Å². The Bertz CT molecular complexity index is 329. The summed E-state index contributed by atoms with van der Waals surface area (Å²) >= 11 is 0. The average Bonchev–Trinajstić information content (AvgIpc) is 2.69. The molecule has 2 aliphatic carbocycles. The van der Waals surface area contributed by atoms with E-state index in [4.69, 9.17) is 0 Å². The van der Waals surface area contributed by atoms with Crippen molar-refractivity contribution in [2.75, 3.05) is 0 Å². The van der Waals surface area contributed by atoms with Gasteiger partial charge in [-0.05, 0) is 30.6 Å². The lowest BCUT2D eigenvalue weighted by Crippen LogP contribution is -2.27. The lowest BCUT2D eigenvalue weighted by atomic mass is 9.66. The highest BCUT2D eigenvalue weighted by Gasteiger charge is 2.36.